The number of ether oxygens (including phenoxy) is 1. The van der Waals surface area contributed by atoms with E-state index in [0.29, 0.717) is 5.92 Å². The van der Waals surface area contributed by atoms with Gasteiger partial charge in [-0.25, -0.2) is 0 Å². The van der Waals surface area contributed by atoms with Gasteiger partial charge in [-0.05, 0) is 31.2 Å². The lowest BCUT2D eigenvalue weighted by Crippen LogP contribution is -2.31. The van der Waals surface area contributed by atoms with Crippen molar-refractivity contribution in [3.8, 4) is 0 Å². The van der Waals surface area contributed by atoms with E-state index in [2.05, 4.69) is 12.3 Å². The first-order valence-electron chi connectivity index (χ1n) is 6.45. The lowest BCUT2D eigenvalue weighted by Gasteiger charge is -2.26. The summed E-state index contributed by atoms with van der Waals surface area (Å²) in [7, 11) is 0. The van der Waals surface area contributed by atoms with Gasteiger partial charge in [0.2, 0.25) is 0 Å². The first kappa shape index (κ1) is 12.6. The third-order valence-corrected chi connectivity index (χ3v) is 3.59. The van der Waals surface area contributed by atoms with E-state index in [1.165, 1.54) is 5.56 Å². The Kier molecular flexibility index (Phi) is 4.59. The second-order valence-corrected chi connectivity index (χ2v) is 4.66. The van der Waals surface area contributed by atoms with Crippen molar-refractivity contribution < 1.29 is 9.15 Å². The summed E-state index contributed by atoms with van der Waals surface area (Å²) in [6.07, 6.45) is 6.00. The van der Waals surface area contributed by atoms with Gasteiger partial charge >= 0.3 is 0 Å². The average Bonchev–Trinajstić information content (AvgIpc) is 2.85. The molecule has 0 aliphatic carbocycles. The molecule has 2 rings (SSSR count). The highest BCUT2D eigenvalue weighted by Crippen LogP contribution is 2.29. The zero-order valence-electron chi connectivity index (χ0n) is 10.4. The summed E-state index contributed by atoms with van der Waals surface area (Å²) in [5.74, 6) is 7.42. The fourth-order valence-electron chi connectivity index (χ4n) is 2.55. The molecular weight excluding hydrogens is 216 g/mol. The van der Waals surface area contributed by atoms with E-state index in [-0.39, 0.29) is 6.04 Å². The van der Waals surface area contributed by atoms with E-state index in [0.717, 1.165) is 44.7 Å². The van der Waals surface area contributed by atoms with Gasteiger partial charge in [0.25, 0.3) is 0 Å². The molecule has 0 spiro atoms. The molecule has 0 amide bonds. The van der Waals surface area contributed by atoms with E-state index in [4.69, 9.17) is 15.0 Å². The van der Waals surface area contributed by atoms with E-state index in [9.17, 15) is 0 Å². The van der Waals surface area contributed by atoms with Crippen molar-refractivity contribution in [2.24, 2.45) is 11.8 Å². The molecule has 0 aromatic carbocycles. The third-order valence-electron chi connectivity index (χ3n) is 3.59. The van der Waals surface area contributed by atoms with Crippen LogP contribution in [-0.4, -0.2) is 13.2 Å². The van der Waals surface area contributed by atoms with E-state index < -0.39 is 0 Å². The highest BCUT2D eigenvalue weighted by atomic mass is 16.5. The van der Waals surface area contributed by atoms with Crippen molar-refractivity contribution in [3.63, 3.8) is 0 Å². The molecule has 1 atom stereocenters. The number of hydrogen-bond acceptors (Lipinski definition) is 4. The molecule has 0 saturated carbocycles. The van der Waals surface area contributed by atoms with E-state index in [1.807, 2.05) is 6.07 Å². The van der Waals surface area contributed by atoms with Gasteiger partial charge in [0.1, 0.15) is 5.76 Å². The molecule has 1 unspecified atom stereocenters. The van der Waals surface area contributed by atoms with Crippen molar-refractivity contribution in [3.05, 3.63) is 23.7 Å². The first-order chi connectivity index (χ1) is 8.35. The van der Waals surface area contributed by atoms with Gasteiger partial charge in [-0.3, -0.25) is 11.3 Å². The molecule has 1 aromatic rings. The zero-order chi connectivity index (χ0) is 12.1. The second-order valence-electron chi connectivity index (χ2n) is 4.66. The van der Waals surface area contributed by atoms with Crippen LogP contribution in [0.15, 0.2) is 16.7 Å². The fourth-order valence-corrected chi connectivity index (χ4v) is 2.55. The number of nitrogens with one attached hydrogen (secondary N) is 1. The highest BCUT2D eigenvalue weighted by Gasteiger charge is 2.22. The van der Waals surface area contributed by atoms with Crippen LogP contribution in [0.2, 0.25) is 0 Å². The number of aryl methyl sites for hydroxylation is 1. The van der Waals surface area contributed by atoms with Crippen LogP contribution < -0.4 is 11.3 Å². The molecule has 0 bridgehead atoms. The minimum Gasteiger partial charge on any atom is -0.469 e. The maximum absolute atomic E-state index is 5.68. The highest BCUT2D eigenvalue weighted by molar-refractivity contribution is 5.21. The molecule has 1 saturated heterocycles. The van der Waals surface area contributed by atoms with Gasteiger partial charge in [0.15, 0.2) is 0 Å². The van der Waals surface area contributed by atoms with Gasteiger partial charge in [-0.2, -0.15) is 0 Å². The SMILES string of the molecule is CCc1occc1C(CC1CCOCC1)NN. The minimum absolute atomic E-state index is 0.201. The van der Waals surface area contributed by atoms with Gasteiger partial charge in [-0.15, -0.1) is 0 Å². The lowest BCUT2D eigenvalue weighted by molar-refractivity contribution is 0.0604. The molecule has 1 aliphatic heterocycles. The summed E-state index contributed by atoms with van der Waals surface area (Å²) in [4.78, 5) is 0. The zero-order valence-corrected chi connectivity index (χ0v) is 10.4. The molecule has 17 heavy (non-hydrogen) atoms. The van der Waals surface area contributed by atoms with Gasteiger partial charge in [0.05, 0.1) is 6.26 Å². The summed E-state index contributed by atoms with van der Waals surface area (Å²) in [6.45, 7) is 3.87. The molecule has 1 aliphatic rings. The molecule has 1 fully saturated rings. The summed E-state index contributed by atoms with van der Waals surface area (Å²) >= 11 is 0. The van der Waals surface area contributed by atoms with Crippen LogP contribution >= 0.6 is 0 Å². The molecule has 1 aromatic heterocycles. The van der Waals surface area contributed by atoms with Gasteiger partial charge in [-0.1, -0.05) is 6.92 Å². The Morgan fingerprint density at radius 3 is 2.88 bits per heavy atom. The quantitative estimate of drug-likeness (QED) is 0.609. The summed E-state index contributed by atoms with van der Waals surface area (Å²) in [5, 5.41) is 0. The number of nitrogens with two attached hydrogens (primary N) is 1. The minimum atomic E-state index is 0.201. The van der Waals surface area contributed by atoms with Crippen LogP contribution in [0, 0.1) is 5.92 Å². The third kappa shape index (κ3) is 3.09. The molecule has 0 radical (unpaired) electrons. The maximum Gasteiger partial charge on any atom is 0.108 e. The molecule has 2 heterocycles. The van der Waals surface area contributed by atoms with Crippen LogP contribution in [0.25, 0.3) is 0 Å². The molecule has 4 nitrogen and oxygen atoms in total. The van der Waals surface area contributed by atoms with E-state index >= 15 is 0 Å². The lowest BCUT2D eigenvalue weighted by atomic mass is 9.89. The standard InChI is InChI=1S/C13H22N2O2/c1-2-13-11(5-8-17-13)12(15-14)9-10-3-6-16-7-4-10/h5,8,10,12,15H,2-4,6-7,9,14H2,1H3. The number of furan rings is 1. The summed E-state index contributed by atoms with van der Waals surface area (Å²) in [5.41, 5.74) is 4.14. The van der Waals surface area contributed by atoms with Crippen molar-refractivity contribution in [1.82, 2.24) is 5.43 Å². The number of rotatable bonds is 5. The summed E-state index contributed by atoms with van der Waals surface area (Å²) < 4.78 is 10.8. The topological polar surface area (TPSA) is 60.4 Å². The Morgan fingerprint density at radius 1 is 1.47 bits per heavy atom. The Hall–Kier alpha value is -0.840. The smallest absolute Gasteiger partial charge is 0.108 e. The predicted molar refractivity (Wildman–Crippen MR) is 66.3 cm³/mol. The van der Waals surface area contributed by atoms with Crippen LogP contribution in [-0.2, 0) is 11.2 Å². The molecular formula is C13H22N2O2. The maximum atomic E-state index is 5.68. The fraction of sp³-hybridized carbons (Fsp3) is 0.692. The predicted octanol–water partition coefficient (Wildman–Crippen LogP) is 2.16. The Balaban J connectivity index is 2.00. The van der Waals surface area contributed by atoms with Gasteiger partial charge < -0.3 is 9.15 Å². The monoisotopic (exact) mass is 238 g/mol. The molecule has 4 heteroatoms. The van der Waals surface area contributed by atoms with Crippen LogP contribution in [0.5, 0.6) is 0 Å². The van der Waals surface area contributed by atoms with E-state index in [1.54, 1.807) is 6.26 Å². The first-order valence-corrected chi connectivity index (χ1v) is 6.45. The van der Waals surface area contributed by atoms with Crippen LogP contribution in [0.1, 0.15) is 43.6 Å². The van der Waals surface area contributed by atoms with Crippen molar-refractivity contribution in [2.45, 2.75) is 38.6 Å². The number of hydrazine groups is 1. The second kappa shape index (κ2) is 6.19. The Bertz CT molecular complexity index is 332. The Morgan fingerprint density at radius 2 is 2.24 bits per heavy atom. The molecule has 96 valence electrons. The van der Waals surface area contributed by atoms with Crippen molar-refractivity contribution in [2.75, 3.05) is 13.2 Å². The van der Waals surface area contributed by atoms with Crippen molar-refractivity contribution >= 4 is 0 Å². The molecule has 3 N–H and O–H groups in total. The average molecular weight is 238 g/mol. The summed E-state index contributed by atoms with van der Waals surface area (Å²) in [6, 6.07) is 2.23. The van der Waals surface area contributed by atoms with Gasteiger partial charge in [0, 0.05) is 31.2 Å². The number of hydrogen-bond donors (Lipinski definition) is 2. The van der Waals surface area contributed by atoms with Crippen LogP contribution in [0.4, 0.5) is 0 Å². The largest absolute Gasteiger partial charge is 0.469 e. The van der Waals surface area contributed by atoms with Crippen molar-refractivity contribution in [1.29, 1.82) is 0 Å². The Labute approximate surface area is 102 Å². The van der Waals surface area contributed by atoms with Crippen LogP contribution in [0.3, 0.4) is 0 Å². The normalized spacial score (nSPS) is 19.4.